The van der Waals surface area contributed by atoms with Gasteiger partial charge >= 0.3 is 0 Å². The van der Waals surface area contributed by atoms with Crippen molar-refractivity contribution in [2.75, 3.05) is 5.32 Å². The maximum absolute atomic E-state index is 12.9. The zero-order chi connectivity index (χ0) is 20.5. The van der Waals surface area contributed by atoms with Gasteiger partial charge in [-0.3, -0.25) is 4.79 Å². The first-order chi connectivity index (χ1) is 13.9. The van der Waals surface area contributed by atoms with Gasteiger partial charge < -0.3 is 5.32 Å². The maximum atomic E-state index is 12.9. The zero-order valence-electron chi connectivity index (χ0n) is 16.4. The van der Waals surface area contributed by atoms with Crippen LogP contribution in [0, 0.1) is 6.92 Å². The van der Waals surface area contributed by atoms with E-state index in [0.29, 0.717) is 28.6 Å². The third-order valence-electron chi connectivity index (χ3n) is 4.70. The number of carbonyl (C=O) groups is 1. The van der Waals surface area contributed by atoms with Crippen molar-refractivity contribution in [2.24, 2.45) is 0 Å². The van der Waals surface area contributed by atoms with Gasteiger partial charge in [0.15, 0.2) is 5.65 Å². The second kappa shape index (κ2) is 7.67. The summed E-state index contributed by atoms with van der Waals surface area (Å²) in [6.07, 6.45) is 3.40. The SMILES string of the molecule is Cc1nc2c(cnn2C(C)C)cc1C(=O)Nc1ccnn1Cc1ccc(Cl)cc1. The first-order valence-electron chi connectivity index (χ1n) is 9.35. The van der Waals surface area contributed by atoms with Crippen molar-refractivity contribution in [3.8, 4) is 0 Å². The highest BCUT2D eigenvalue weighted by atomic mass is 35.5. The second-order valence-corrected chi connectivity index (χ2v) is 7.61. The number of halogens is 1. The topological polar surface area (TPSA) is 77.6 Å². The van der Waals surface area contributed by atoms with Crippen molar-refractivity contribution < 1.29 is 4.79 Å². The summed E-state index contributed by atoms with van der Waals surface area (Å²) >= 11 is 5.95. The van der Waals surface area contributed by atoms with E-state index in [9.17, 15) is 4.79 Å². The van der Waals surface area contributed by atoms with E-state index in [2.05, 4.69) is 20.5 Å². The number of carbonyl (C=O) groups excluding carboxylic acids is 1. The third kappa shape index (κ3) is 3.86. The Morgan fingerprint density at radius 1 is 1.17 bits per heavy atom. The Bertz CT molecular complexity index is 1180. The Morgan fingerprint density at radius 2 is 1.93 bits per heavy atom. The molecule has 7 nitrogen and oxygen atoms in total. The molecule has 148 valence electrons. The van der Waals surface area contributed by atoms with Crippen LogP contribution in [0.3, 0.4) is 0 Å². The molecule has 0 atom stereocenters. The molecule has 4 aromatic rings. The highest BCUT2D eigenvalue weighted by molar-refractivity contribution is 6.30. The van der Waals surface area contributed by atoms with Gasteiger partial charge in [0, 0.05) is 22.5 Å². The molecule has 0 spiro atoms. The monoisotopic (exact) mass is 408 g/mol. The molecule has 0 aliphatic heterocycles. The highest BCUT2D eigenvalue weighted by Gasteiger charge is 2.17. The quantitative estimate of drug-likeness (QED) is 0.528. The van der Waals surface area contributed by atoms with Crippen LogP contribution in [0.25, 0.3) is 11.0 Å². The molecule has 0 radical (unpaired) electrons. The van der Waals surface area contributed by atoms with E-state index in [1.54, 1.807) is 23.1 Å². The number of hydrogen-bond donors (Lipinski definition) is 1. The van der Waals surface area contributed by atoms with Crippen molar-refractivity contribution in [3.05, 3.63) is 70.6 Å². The standard InChI is InChI=1S/C21H21ClN6O/c1-13(2)28-20-16(11-24-28)10-18(14(3)25-20)21(29)26-19-8-9-23-27(19)12-15-4-6-17(22)7-5-15/h4-11,13H,12H2,1-3H3,(H,26,29). The second-order valence-electron chi connectivity index (χ2n) is 7.17. The number of anilines is 1. The molecule has 1 aromatic carbocycles. The molecule has 0 fully saturated rings. The average Bonchev–Trinajstić information content (AvgIpc) is 3.29. The van der Waals surface area contributed by atoms with Gasteiger partial charge in [0.2, 0.25) is 0 Å². The Balaban J connectivity index is 1.58. The normalized spacial score (nSPS) is 11.3. The molecule has 0 aliphatic rings. The molecule has 3 heterocycles. The minimum absolute atomic E-state index is 0.196. The molecule has 1 amide bonds. The minimum Gasteiger partial charge on any atom is -0.307 e. The van der Waals surface area contributed by atoms with E-state index >= 15 is 0 Å². The van der Waals surface area contributed by atoms with Crippen molar-refractivity contribution in [1.29, 1.82) is 0 Å². The minimum atomic E-state index is -0.230. The van der Waals surface area contributed by atoms with E-state index in [1.807, 2.05) is 55.8 Å². The van der Waals surface area contributed by atoms with E-state index in [1.165, 1.54) is 0 Å². The summed E-state index contributed by atoms with van der Waals surface area (Å²) < 4.78 is 3.59. The summed E-state index contributed by atoms with van der Waals surface area (Å²) in [4.78, 5) is 17.5. The molecule has 3 aromatic heterocycles. The summed E-state index contributed by atoms with van der Waals surface area (Å²) in [7, 11) is 0. The van der Waals surface area contributed by atoms with E-state index < -0.39 is 0 Å². The van der Waals surface area contributed by atoms with Gasteiger partial charge in [-0.2, -0.15) is 10.2 Å². The molecule has 0 unspecified atom stereocenters. The molecule has 1 N–H and O–H groups in total. The van der Waals surface area contributed by atoms with Crippen LogP contribution in [-0.4, -0.2) is 30.5 Å². The fourth-order valence-electron chi connectivity index (χ4n) is 3.18. The predicted molar refractivity (Wildman–Crippen MR) is 113 cm³/mol. The van der Waals surface area contributed by atoms with Crippen molar-refractivity contribution in [2.45, 2.75) is 33.4 Å². The smallest absolute Gasteiger partial charge is 0.258 e. The molecular formula is C21H21ClN6O. The lowest BCUT2D eigenvalue weighted by Crippen LogP contribution is -2.18. The lowest BCUT2D eigenvalue weighted by Gasteiger charge is -2.11. The maximum Gasteiger partial charge on any atom is 0.258 e. The summed E-state index contributed by atoms with van der Waals surface area (Å²) in [5, 5.41) is 13.2. The van der Waals surface area contributed by atoms with Gasteiger partial charge in [0.05, 0.1) is 30.2 Å². The van der Waals surface area contributed by atoms with Gasteiger partial charge in [-0.05, 0) is 44.5 Å². The van der Waals surface area contributed by atoms with Gasteiger partial charge in [-0.25, -0.2) is 14.3 Å². The van der Waals surface area contributed by atoms with Crippen LogP contribution < -0.4 is 5.32 Å². The molecule has 8 heteroatoms. The first kappa shape index (κ1) is 19.1. The van der Waals surface area contributed by atoms with Crippen molar-refractivity contribution in [1.82, 2.24) is 24.5 Å². The Kier molecular flexibility index (Phi) is 5.07. The van der Waals surface area contributed by atoms with E-state index in [-0.39, 0.29) is 11.9 Å². The lowest BCUT2D eigenvalue weighted by atomic mass is 10.1. The molecule has 29 heavy (non-hydrogen) atoms. The summed E-state index contributed by atoms with van der Waals surface area (Å²) in [6.45, 7) is 6.45. The van der Waals surface area contributed by atoms with Gasteiger partial charge in [-0.1, -0.05) is 23.7 Å². The highest BCUT2D eigenvalue weighted by Crippen LogP contribution is 2.21. The Labute approximate surface area is 173 Å². The number of aryl methyl sites for hydroxylation is 1. The summed E-state index contributed by atoms with van der Waals surface area (Å²) in [6, 6.07) is 11.3. The van der Waals surface area contributed by atoms with Crippen LogP contribution >= 0.6 is 11.6 Å². The number of hydrogen-bond acceptors (Lipinski definition) is 4. The molecular weight excluding hydrogens is 388 g/mol. The largest absolute Gasteiger partial charge is 0.307 e. The van der Waals surface area contributed by atoms with E-state index in [0.717, 1.165) is 16.6 Å². The molecule has 0 saturated heterocycles. The summed E-state index contributed by atoms with van der Waals surface area (Å²) in [5.41, 5.74) is 2.98. The van der Waals surface area contributed by atoms with Gasteiger partial charge in [0.1, 0.15) is 5.82 Å². The van der Waals surface area contributed by atoms with Crippen molar-refractivity contribution in [3.63, 3.8) is 0 Å². The van der Waals surface area contributed by atoms with Gasteiger partial charge in [-0.15, -0.1) is 0 Å². The number of benzene rings is 1. The number of aromatic nitrogens is 5. The van der Waals surface area contributed by atoms with Crippen LogP contribution in [-0.2, 0) is 6.54 Å². The molecule has 0 aliphatic carbocycles. The lowest BCUT2D eigenvalue weighted by molar-refractivity contribution is 0.102. The number of nitrogens with zero attached hydrogens (tertiary/aromatic N) is 5. The fraction of sp³-hybridized carbons (Fsp3) is 0.238. The first-order valence-corrected chi connectivity index (χ1v) is 9.72. The zero-order valence-corrected chi connectivity index (χ0v) is 17.2. The van der Waals surface area contributed by atoms with Crippen LogP contribution in [0.15, 0.2) is 48.8 Å². The predicted octanol–water partition coefficient (Wildman–Crippen LogP) is 4.47. The van der Waals surface area contributed by atoms with Crippen LogP contribution in [0.4, 0.5) is 5.82 Å². The molecule has 4 rings (SSSR count). The van der Waals surface area contributed by atoms with Gasteiger partial charge in [0.25, 0.3) is 5.91 Å². The molecule has 0 saturated carbocycles. The Hall–Kier alpha value is -3.19. The number of amides is 1. The summed E-state index contributed by atoms with van der Waals surface area (Å²) in [5.74, 6) is 0.384. The number of fused-ring (bicyclic) bond motifs is 1. The van der Waals surface area contributed by atoms with E-state index in [4.69, 9.17) is 11.6 Å². The fourth-order valence-corrected chi connectivity index (χ4v) is 3.31. The number of pyridine rings is 1. The third-order valence-corrected chi connectivity index (χ3v) is 4.95. The van der Waals surface area contributed by atoms with Crippen LogP contribution in [0.2, 0.25) is 5.02 Å². The number of nitrogens with one attached hydrogen (secondary N) is 1. The number of rotatable bonds is 5. The Morgan fingerprint density at radius 3 is 2.66 bits per heavy atom. The van der Waals surface area contributed by atoms with Crippen molar-refractivity contribution >= 4 is 34.4 Å². The molecule has 0 bridgehead atoms. The average molecular weight is 409 g/mol. The van der Waals surface area contributed by atoms with Crippen LogP contribution in [0.1, 0.15) is 41.5 Å². The van der Waals surface area contributed by atoms with Crippen LogP contribution in [0.5, 0.6) is 0 Å².